The van der Waals surface area contributed by atoms with Crippen LogP contribution in [0.1, 0.15) is 200 Å². The number of allylic oxidation sites excluding steroid dienone is 13. The van der Waals surface area contributed by atoms with Crippen molar-refractivity contribution in [2.75, 3.05) is 19.8 Å². The van der Waals surface area contributed by atoms with E-state index in [0.29, 0.717) is 12.8 Å². The molecule has 2 aliphatic heterocycles. The van der Waals surface area contributed by atoms with Crippen molar-refractivity contribution in [2.45, 2.75) is 274 Å². The van der Waals surface area contributed by atoms with Crippen molar-refractivity contribution in [1.82, 2.24) is 5.32 Å². The lowest BCUT2D eigenvalue weighted by atomic mass is 9.97. The molecule has 0 aromatic rings. The molecular formula is C61H105NO13. The molecule has 2 saturated heterocycles. The van der Waals surface area contributed by atoms with Crippen LogP contribution in [0.3, 0.4) is 0 Å². The number of amides is 1. The fourth-order valence-electron chi connectivity index (χ4n) is 9.08. The van der Waals surface area contributed by atoms with Gasteiger partial charge in [-0.3, -0.25) is 4.79 Å². The van der Waals surface area contributed by atoms with Crippen LogP contribution in [0.5, 0.6) is 0 Å². The third kappa shape index (κ3) is 32.0. The Bertz CT molecular complexity index is 1580. The van der Waals surface area contributed by atoms with Gasteiger partial charge in [0.2, 0.25) is 5.91 Å². The molecule has 12 atom stereocenters. The molecule has 2 heterocycles. The average molecular weight is 1060 g/mol. The van der Waals surface area contributed by atoms with Crippen LogP contribution in [0.25, 0.3) is 0 Å². The van der Waals surface area contributed by atoms with Gasteiger partial charge in [0.1, 0.15) is 48.8 Å². The lowest BCUT2D eigenvalue weighted by molar-refractivity contribution is -0.359. The standard InChI is InChI=1S/C61H105NO13/c1-3-5-7-9-11-13-15-17-19-21-23-25-27-29-31-33-35-37-39-41-43-45-53(66)62-49(50(65)44-42-40-38-36-34-32-30-28-26-24-22-20-18-16-14-12-10-8-6-4-2)48-72-60-58(71)56(69)59(52(47-64)74-60)75-61-57(70)55(68)54(67)51(46-63)73-61/h5,7,11,13,17,19,23,25-26,28,34,36,42,44,49-52,54-61,63-65,67-71H,3-4,6,8-10,12,14-16,18,20-22,24,27,29-33,35,37-41,43,45-48H2,1-2H3,(H,62,66)/b7-5-,13-11-,19-17-,25-23-,28-26+,36-34+,44-42+. The fourth-order valence-corrected chi connectivity index (χ4v) is 9.08. The first kappa shape index (κ1) is 68.3. The summed E-state index contributed by atoms with van der Waals surface area (Å²) in [5.41, 5.74) is 0. The predicted octanol–water partition coefficient (Wildman–Crippen LogP) is 9.72. The van der Waals surface area contributed by atoms with Gasteiger partial charge in [-0.25, -0.2) is 0 Å². The molecule has 2 fully saturated rings. The molecule has 0 radical (unpaired) electrons. The van der Waals surface area contributed by atoms with Crippen LogP contribution in [0.4, 0.5) is 0 Å². The van der Waals surface area contributed by atoms with E-state index >= 15 is 0 Å². The lowest BCUT2D eigenvalue weighted by Gasteiger charge is -2.46. The number of aliphatic hydroxyl groups is 8. The van der Waals surface area contributed by atoms with Crippen LogP contribution in [-0.2, 0) is 23.7 Å². The Balaban J connectivity index is 1.81. The summed E-state index contributed by atoms with van der Waals surface area (Å²) >= 11 is 0. The highest BCUT2D eigenvalue weighted by atomic mass is 16.7. The summed E-state index contributed by atoms with van der Waals surface area (Å²) in [4.78, 5) is 13.2. The van der Waals surface area contributed by atoms with E-state index in [4.69, 9.17) is 18.9 Å². The molecule has 0 bridgehead atoms. The highest BCUT2D eigenvalue weighted by Gasteiger charge is 2.51. The van der Waals surface area contributed by atoms with Crippen LogP contribution in [0.15, 0.2) is 85.1 Å². The Morgan fingerprint density at radius 3 is 1.47 bits per heavy atom. The number of rotatable bonds is 45. The van der Waals surface area contributed by atoms with Crippen molar-refractivity contribution in [3.05, 3.63) is 85.1 Å². The summed E-state index contributed by atoms with van der Waals surface area (Å²) in [5, 5.41) is 87.0. The molecule has 2 rings (SSSR count). The van der Waals surface area contributed by atoms with Crippen molar-refractivity contribution in [1.29, 1.82) is 0 Å². The Hall–Kier alpha value is -2.83. The molecule has 12 unspecified atom stereocenters. The SMILES string of the molecule is CC/C=C\C/C=C\C/C=C\C/C=C\CCCCCCCCCCC(=O)NC(COC1OC(CO)C(OC2OC(CO)C(O)C(O)C2O)C(O)C1O)C(O)/C=C/CC/C=C/CC/C=C/CCCCCCCCCCCC. The summed E-state index contributed by atoms with van der Waals surface area (Å²) in [7, 11) is 0. The third-order valence-electron chi connectivity index (χ3n) is 13.8. The van der Waals surface area contributed by atoms with Crippen LogP contribution in [0, 0.1) is 0 Å². The van der Waals surface area contributed by atoms with Gasteiger partial charge in [0.15, 0.2) is 12.6 Å². The molecule has 432 valence electrons. The lowest BCUT2D eigenvalue weighted by Crippen LogP contribution is -2.65. The second-order valence-corrected chi connectivity index (χ2v) is 20.4. The number of hydrogen-bond donors (Lipinski definition) is 9. The minimum Gasteiger partial charge on any atom is -0.394 e. The van der Waals surface area contributed by atoms with Gasteiger partial charge in [-0.2, -0.15) is 0 Å². The van der Waals surface area contributed by atoms with E-state index in [1.807, 2.05) is 6.08 Å². The number of unbranched alkanes of at least 4 members (excludes halogenated alkanes) is 20. The van der Waals surface area contributed by atoms with E-state index in [-0.39, 0.29) is 18.9 Å². The molecule has 9 N–H and O–H groups in total. The van der Waals surface area contributed by atoms with Crippen molar-refractivity contribution < 1.29 is 64.6 Å². The minimum absolute atomic E-state index is 0.256. The number of hydrogen-bond acceptors (Lipinski definition) is 13. The maximum Gasteiger partial charge on any atom is 0.220 e. The van der Waals surface area contributed by atoms with Gasteiger partial charge in [0.25, 0.3) is 0 Å². The third-order valence-corrected chi connectivity index (χ3v) is 13.8. The Labute approximate surface area is 452 Å². The topological polar surface area (TPSA) is 228 Å². The van der Waals surface area contributed by atoms with Gasteiger partial charge in [0, 0.05) is 6.42 Å². The highest BCUT2D eigenvalue weighted by molar-refractivity contribution is 5.76. The second-order valence-electron chi connectivity index (χ2n) is 20.4. The van der Waals surface area contributed by atoms with Gasteiger partial charge in [-0.1, -0.05) is 195 Å². The Kier molecular flexibility index (Phi) is 42.0. The molecule has 14 heteroatoms. The summed E-state index contributed by atoms with van der Waals surface area (Å²) in [6, 6.07) is -0.948. The highest BCUT2D eigenvalue weighted by Crippen LogP contribution is 2.30. The summed E-state index contributed by atoms with van der Waals surface area (Å²) < 4.78 is 22.7. The zero-order valence-electron chi connectivity index (χ0n) is 46.3. The van der Waals surface area contributed by atoms with E-state index in [9.17, 15) is 45.6 Å². The molecule has 0 spiro atoms. The Morgan fingerprint density at radius 2 is 0.933 bits per heavy atom. The molecule has 0 aromatic carbocycles. The largest absolute Gasteiger partial charge is 0.394 e. The molecule has 2 aliphatic rings. The maximum absolute atomic E-state index is 13.2. The summed E-state index contributed by atoms with van der Waals surface area (Å²) in [6.07, 6.45) is 44.7. The zero-order valence-corrected chi connectivity index (χ0v) is 46.3. The van der Waals surface area contributed by atoms with Crippen LogP contribution in [0.2, 0.25) is 0 Å². The van der Waals surface area contributed by atoms with E-state index in [1.165, 1.54) is 83.5 Å². The van der Waals surface area contributed by atoms with Gasteiger partial charge in [0.05, 0.1) is 32.0 Å². The first-order valence-electron chi connectivity index (χ1n) is 29.3. The average Bonchev–Trinajstić information content (AvgIpc) is 3.41. The van der Waals surface area contributed by atoms with E-state index in [1.54, 1.807) is 6.08 Å². The van der Waals surface area contributed by atoms with Crippen molar-refractivity contribution in [3.8, 4) is 0 Å². The van der Waals surface area contributed by atoms with Crippen LogP contribution < -0.4 is 5.32 Å². The van der Waals surface area contributed by atoms with Crippen molar-refractivity contribution in [2.24, 2.45) is 0 Å². The second kappa shape index (κ2) is 46.1. The Morgan fingerprint density at radius 1 is 0.493 bits per heavy atom. The van der Waals surface area contributed by atoms with Gasteiger partial charge >= 0.3 is 0 Å². The predicted molar refractivity (Wildman–Crippen MR) is 300 cm³/mol. The quantitative estimate of drug-likeness (QED) is 0.0205. The number of aliphatic hydroxyl groups excluding tert-OH is 8. The van der Waals surface area contributed by atoms with E-state index < -0.39 is 86.8 Å². The van der Waals surface area contributed by atoms with Crippen LogP contribution in [-0.4, -0.2) is 140 Å². The van der Waals surface area contributed by atoms with Gasteiger partial charge < -0.3 is 65.1 Å². The number of ether oxygens (including phenoxy) is 4. The van der Waals surface area contributed by atoms with Crippen molar-refractivity contribution >= 4 is 5.91 Å². The molecule has 0 aromatic heterocycles. The fraction of sp³-hybridized carbons (Fsp3) is 0.754. The van der Waals surface area contributed by atoms with E-state index in [0.717, 1.165) is 83.5 Å². The van der Waals surface area contributed by atoms with Gasteiger partial charge in [-0.05, 0) is 83.5 Å². The first-order chi connectivity index (χ1) is 36.6. The number of carbonyl (C=O) groups is 1. The number of carbonyl (C=O) groups excluding carboxylic acids is 1. The molecule has 0 aliphatic carbocycles. The normalized spacial score (nSPS) is 25.7. The monoisotopic (exact) mass is 1060 g/mol. The summed E-state index contributed by atoms with van der Waals surface area (Å²) in [5.74, 6) is -0.265. The zero-order chi connectivity index (χ0) is 54.6. The molecule has 0 saturated carbocycles. The first-order valence-corrected chi connectivity index (χ1v) is 29.3. The molecule has 75 heavy (non-hydrogen) atoms. The minimum atomic E-state index is -1.80. The van der Waals surface area contributed by atoms with Crippen LogP contribution >= 0.6 is 0 Å². The molecule has 14 nitrogen and oxygen atoms in total. The molecular weight excluding hydrogens is 955 g/mol. The molecule has 1 amide bonds. The van der Waals surface area contributed by atoms with Crippen molar-refractivity contribution in [3.63, 3.8) is 0 Å². The van der Waals surface area contributed by atoms with E-state index in [2.05, 4.69) is 92.1 Å². The number of nitrogens with one attached hydrogen (secondary N) is 1. The smallest absolute Gasteiger partial charge is 0.220 e. The summed E-state index contributed by atoms with van der Waals surface area (Å²) in [6.45, 7) is 2.64. The maximum atomic E-state index is 13.2. The van der Waals surface area contributed by atoms with Gasteiger partial charge in [-0.15, -0.1) is 0 Å².